The highest BCUT2D eigenvalue weighted by molar-refractivity contribution is 5.76. The number of rotatable bonds is 2. The first-order valence-electron chi connectivity index (χ1n) is 7.66. The molecule has 2 fully saturated rings. The van der Waals surface area contributed by atoms with Crippen molar-refractivity contribution in [1.82, 2.24) is 14.7 Å². The summed E-state index contributed by atoms with van der Waals surface area (Å²) < 4.78 is 0. The zero-order valence-corrected chi connectivity index (χ0v) is 13.1. The molecule has 0 atom stereocenters. The molecule has 0 aliphatic carbocycles. The zero-order valence-electron chi connectivity index (χ0n) is 13.1. The van der Waals surface area contributed by atoms with Crippen molar-refractivity contribution < 1.29 is 4.79 Å². The molecule has 4 heteroatoms. The van der Waals surface area contributed by atoms with E-state index in [1.54, 1.807) is 0 Å². The summed E-state index contributed by atoms with van der Waals surface area (Å²) >= 11 is 0. The number of hydrogen-bond donors (Lipinski definition) is 0. The van der Waals surface area contributed by atoms with Gasteiger partial charge in [0.05, 0.1) is 0 Å². The van der Waals surface area contributed by atoms with Gasteiger partial charge in [-0.1, -0.05) is 0 Å². The Kier molecular flexibility index (Phi) is 4.09. The first-order chi connectivity index (χ1) is 8.87. The number of carbonyl (C=O) groups is 1. The molecular formula is C15H29N3O. The van der Waals surface area contributed by atoms with Gasteiger partial charge in [0, 0.05) is 44.3 Å². The second kappa shape index (κ2) is 5.31. The average Bonchev–Trinajstić information content (AvgIpc) is 2.36. The van der Waals surface area contributed by atoms with Crippen LogP contribution in [-0.4, -0.2) is 65.0 Å². The Morgan fingerprint density at radius 1 is 1.05 bits per heavy atom. The van der Waals surface area contributed by atoms with Gasteiger partial charge in [-0.3, -0.25) is 0 Å². The molecular weight excluding hydrogens is 238 g/mol. The lowest BCUT2D eigenvalue weighted by atomic mass is 9.76. The van der Waals surface area contributed by atoms with Gasteiger partial charge in [0.25, 0.3) is 0 Å². The number of urea groups is 1. The van der Waals surface area contributed by atoms with E-state index >= 15 is 0 Å². The van der Waals surface area contributed by atoms with Crippen LogP contribution < -0.4 is 0 Å². The van der Waals surface area contributed by atoms with Crippen LogP contribution in [0.2, 0.25) is 0 Å². The maximum Gasteiger partial charge on any atom is 0.320 e. The number of piperidine rings is 1. The molecule has 2 saturated heterocycles. The standard InChI is InChI=1S/C15H29N3O/c1-12(2)16(5)14(19)18-11-8-15(18)6-9-17(10-7-15)13(3)4/h12-13H,6-11H2,1-5H3. The lowest BCUT2D eigenvalue weighted by Crippen LogP contribution is -2.68. The lowest BCUT2D eigenvalue weighted by molar-refractivity contribution is -0.0409. The quantitative estimate of drug-likeness (QED) is 0.768. The molecule has 0 unspecified atom stereocenters. The van der Waals surface area contributed by atoms with Crippen molar-refractivity contribution in [3.8, 4) is 0 Å². The molecule has 1 spiro atoms. The van der Waals surface area contributed by atoms with Crippen LogP contribution >= 0.6 is 0 Å². The zero-order chi connectivity index (χ0) is 14.2. The second-order valence-electron chi connectivity index (χ2n) is 6.74. The largest absolute Gasteiger partial charge is 0.325 e. The lowest BCUT2D eigenvalue weighted by Gasteiger charge is -2.57. The van der Waals surface area contributed by atoms with Crippen molar-refractivity contribution in [1.29, 1.82) is 0 Å². The van der Waals surface area contributed by atoms with Crippen molar-refractivity contribution >= 4 is 6.03 Å². The molecule has 0 aromatic carbocycles. The van der Waals surface area contributed by atoms with E-state index < -0.39 is 0 Å². The third kappa shape index (κ3) is 2.60. The summed E-state index contributed by atoms with van der Waals surface area (Å²) in [6.07, 6.45) is 3.47. The topological polar surface area (TPSA) is 26.8 Å². The van der Waals surface area contributed by atoms with E-state index in [1.807, 2.05) is 11.9 Å². The van der Waals surface area contributed by atoms with Crippen LogP contribution in [0.1, 0.15) is 47.0 Å². The van der Waals surface area contributed by atoms with Gasteiger partial charge < -0.3 is 14.7 Å². The first kappa shape index (κ1) is 14.6. The molecule has 0 N–H and O–H groups in total. The summed E-state index contributed by atoms with van der Waals surface area (Å²) in [5.41, 5.74) is 0.172. The van der Waals surface area contributed by atoms with Crippen LogP contribution in [0.3, 0.4) is 0 Å². The van der Waals surface area contributed by atoms with E-state index in [0.717, 1.165) is 32.5 Å². The highest BCUT2D eigenvalue weighted by Gasteiger charge is 2.49. The van der Waals surface area contributed by atoms with E-state index in [-0.39, 0.29) is 17.6 Å². The van der Waals surface area contributed by atoms with Gasteiger partial charge in [0.15, 0.2) is 0 Å². The summed E-state index contributed by atoms with van der Waals surface area (Å²) in [6, 6.07) is 1.13. The van der Waals surface area contributed by atoms with Crippen molar-refractivity contribution in [2.45, 2.75) is 64.6 Å². The summed E-state index contributed by atoms with van der Waals surface area (Å²) in [4.78, 5) is 19.0. The predicted molar refractivity (Wildman–Crippen MR) is 78.3 cm³/mol. The minimum atomic E-state index is 0.172. The van der Waals surface area contributed by atoms with E-state index in [0.29, 0.717) is 6.04 Å². The summed E-state index contributed by atoms with van der Waals surface area (Å²) in [7, 11) is 1.92. The van der Waals surface area contributed by atoms with Gasteiger partial charge in [-0.2, -0.15) is 0 Å². The SMILES string of the molecule is CC(C)N1CCC2(CC1)CCN2C(=O)N(C)C(C)C. The maximum atomic E-state index is 12.5. The fraction of sp³-hybridized carbons (Fsp3) is 0.933. The highest BCUT2D eigenvalue weighted by atomic mass is 16.2. The van der Waals surface area contributed by atoms with Gasteiger partial charge in [0.2, 0.25) is 0 Å². The Morgan fingerprint density at radius 2 is 1.58 bits per heavy atom. The predicted octanol–water partition coefficient (Wildman–Crippen LogP) is 2.40. The van der Waals surface area contributed by atoms with Crippen LogP contribution in [0.25, 0.3) is 0 Å². The summed E-state index contributed by atoms with van der Waals surface area (Å²) in [5.74, 6) is 0. The molecule has 2 rings (SSSR count). The van der Waals surface area contributed by atoms with Gasteiger partial charge in [-0.15, -0.1) is 0 Å². The number of amides is 2. The number of carbonyl (C=O) groups excluding carboxylic acids is 1. The van der Waals surface area contributed by atoms with Crippen molar-refractivity contribution in [2.24, 2.45) is 0 Å². The normalized spacial score (nSPS) is 23.0. The third-order valence-electron chi connectivity index (χ3n) is 5.14. The van der Waals surface area contributed by atoms with Crippen molar-refractivity contribution in [2.75, 3.05) is 26.7 Å². The van der Waals surface area contributed by atoms with E-state index in [2.05, 4.69) is 37.5 Å². The minimum Gasteiger partial charge on any atom is -0.325 e. The molecule has 110 valence electrons. The highest BCUT2D eigenvalue weighted by Crippen LogP contribution is 2.40. The Hall–Kier alpha value is -0.770. The fourth-order valence-corrected chi connectivity index (χ4v) is 3.23. The Bertz CT molecular complexity index is 332. The Balaban J connectivity index is 1.97. The Labute approximate surface area is 117 Å². The molecule has 2 heterocycles. The van der Waals surface area contributed by atoms with Crippen LogP contribution in [0, 0.1) is 0 Å². The maximum absolute atomic E-state index is 12.5. The van der Waals surface area contributed by atoms with Gasteiger partial charge in [0.1, 0.15) is 0 Å². The molecule has 0 radical (unpaired) electrons. The van der Waals surface area contributed by atoms with Gasteiger partial charge >= 0.3 is 6.03 Å². The number of likely N-dealkylation sites (tertiary alicyclic amines) is 2. The summed E-state index contributed by atoms with van der Waals surface area (Å²) in [5, 5.41) is 0. The van der Waals surface area contributed by atoms with E-state index in [1.165, 1.54) is 6.42 Å². The average molecular weight is 267 g/mol. The number of hydrogen-bond acceptors (Lipinski definition) is 2. The fourth-order valence-electron chi connectivity index (χ4n) is 3.23. The Morgan fingerprint density at radius 3 is 1.95 bits per heavy atom. The molecule has 0 saturated carbocycles. The van der Waals surface area contributed by atoms with Crippen molar-refractivity contribution in [3.63, 3.8) is 0 Å². The molecule has 0 aromatic heterocycles. The molecule has 0 bridgehead atoms. The van der Waals surface area contributed by atoms with Crippen LogP contribution in [0.4, 0.5) is 4.79 Å². The second-order valence-corrected chi connectivity index (χ2v) is 6.74. The first-order valence-corrected chi connectivity index (χ1v) is 7.66. The molecule has 2 aliphatic rings. The monoisotopic (exact) mass is 267 g/mol. The molecule has 2 aliphatic heterocycles. The third-order valence-corrected chi connectivity index (χ3v) is 5.14. The van der Waals surface area contributed by atoms with Gasteiger partial charge in [-0.05, 0) is 47.0 Å². The number of nitrogens with zero attached hydrogens (tertiary/aromatic N) is 3. The van der Waals surface area contributed by atoms with Crippen LogP contribution in [-0.2, 0) is 0 Å². The van der Waals surface area contributed by atoms with Crippen LogP contribution in [0.15, 0.2) is 0 Å². The summed E-state index contributed by atoms with van der Waals surface area (Å²) in [6.45, 7) is 11.9. The molecule has 0 aromatic rings. The molecule has 4 nitrogen and oxygen atoms in total. The smallest absolute Gasteiger partial charge is 0.320 e. The van der Waals surface area contributed by atoms with Crippen LogP contribution in [0.5, 0.6) is 0 Å². The molecule has 19 heavy (non-hydrogen) atoms. The minimum absolute atomic E-state index is 0.172. The molecule has 2 amide bonds. The van der Waals surface area contributed by atoms with E-state index in [9.17, 15) is 4.79 Å². The van der Waals surface area contributed by atoms with Gasteiger partial charge in [-0.25, -0.2) is 4.79 Å². The van der Waals surface area contributed by atoms with Crippen molar-refractivity contribution in [3.05, 3.63) is 0 Å². The van der Waals surface area contributed by atoms with E-state index in [4.69, 9.17) is 0 Å².